The summed E-state index contributed by atoms with van der Waals surface area (Å²) in [5.41, 5.74) is 6.35. The smallest absolute Gasteiger partial charge is 0.246 e. The molecule has 0 radical (unpaired) electrons. The molecular weight excluding hydrogens is 700 g/mol. The Kier molecular flexibility index (Phi) is 13.7. The van der Waals surface area contributed by atoms with Gasteiger partial charge in [0, 0.05) is 51.3 Å². The molecule has 7 nitrogen and oxygen atoms in total. The number of halogens is 3. The molecule has 1 fully saturated rings. The molecular formula is C42H42Cl2FN3O4. The molecule has 0 aliphatic carbocycles. The lowest BCUT2D eigenvalue weighted by atomic mass is 10.1. The number of hydrogen-bond acceptors (Lipinski definition) is 6. The molecule has 0 saturated carbocycles. The van der Waals surface area contributed by atoms with Crippen molar-refractivity contribution in [3.8, 4) is 23.1 Å². The Bertz CT molecular complexity index is 1910. The normalized spacial score (nSPS) is 13.1. The highest BCUT2D eigenvalue weighted by atomic mass is 35.5. The zero-order valence-electron chi connectivity index (χ0n) is 29.3. The van der Waals surface area contributed by atoms with Gasteiger partial charge in [-0.3, -0.25) is 9.69 Å². The number of nitrogens with zero attached hydrogens (tertiary/aromatic N) is 3. The van der Waals surface area contributed by atoms with E-state index in [0.29, 0.717) is 54.5 Å². The average molecular weight is 743 g/mol. The van der Waals surface area contributed by atoms with E-state index < -0.39 is 0 Å². The van der Waals surface area contributed by atoms with Crippen LogP contribution in [-0.4, -0.2) is 53.5 Å². The Morgan fingerprint density at radius 1 is 0.827 bits per heavy atom. The van der Waals surface area contributed by atoms with Crippen LogP contribution in [0.15, 0.2) is 109 Å². The van der Waals surface area contributed by atoms with Crippen molar-refractivity contribution in [1.29, 1.82) is 0 Å². The van der Waals surface area contributed by atoms with E-state index in [-0.39, 0.29) is 24.1 Å². The van der Waals surface area contributed by atoms with E-state index in [1.807, 2.05) is 36.1 Å². The first-order valence-corrected chi connectivity index (χ1v) is 17.4. The molecule has 10 heteroatoms. The second-order valence-electron chi connectivity index (χ2n) is 12.7. The lowest BCUT2D eigenvalue weighted by molar-refractivity contribution is -0.127. The van der Waals surface area contributed by atoms with E-state index in [1.54, 1.807) is 42.6 Å². The van der Waals surface area contributed by atoms with Gasteiger partial charge in [0.25, 0.3) is 0 Å². The number of hydrogen-bond donors (Lipinski definition) is 0. The molecule has 1 aromatic heterocycles. The van der Waals surface area contributed by atoms with Gasteiger partial charge in [-0.25, -0.2) is 9.37 Å². The Morgan fingerprint density at radius 2 is 1.50 bits per heavy atom. The zero-order chi connectivity index (χ0) is 35.6. The van der Waals surface area contributed by atoms with Crippen LogP contribution in [0.2, 0.25) is 5.02 Å². The summed E-state index contributed by atoms with van der Waals surface area (Å²) in [6.45, 7) is 8.72. The van der Waals surface area contributed by atoms with Crippen LogP contribution < -0.4 is 14.2 Å². The van der Waals surface area contributed by atoms with Crippen LogP contribution >= 0.6 is 24.0 Å². The lowest BCUT2D eigenvalue weighted by Gasteiger charge is -2.34. The zero-order valence-corrected chi connectivity index (χ0v) is 30.8. The number of carbonyl (C=O) groups excluding carboxylic acids is 1. The van der Waals surface area contributed by atoms with Gasteiger partial charge in [-0.1, -0.05) is 65.7 Å². The summed E-state index contributed by atoms with van der Waals surface area (Å²) < 4.78 is 30.7. The second-order valence-corrected chi connectivity index (χ2v) is 13.1. The molecule has 1 amide bonds. The third kappa shape index (κ3) is 11.1. The number of benzene rings is 4. The van der Waals surface area contributed by atoms with Crippen molar-refractivity contribution >= 4 is 36.0 Å². The van der Waals surface area contributed by atoms with E-state index in [2.05, 4.69) is 53.2 Å². The first-order chi connectivity index (χ1) is 24.8. The molecule has 4 aromatic carbocycles. The van der Waals surface area contributed by atoms with Crippen LogP contribution in [-0.2, 0) is 24.4 Å². The molecule has 5 aromatic rings. The summed E-state index contributed by atoms with van der Waals surface area (Å²) in [7, 11) is 0. The Morgan fingerprint density at radius 3 is 2.17 bits per heavy atom. The van der Waals surface area contributed by atoms with Crippen molar-refractivity contribution in [3.05, 3.63) is 154 Å². The summed E-state index contributed by atoms with van der Waals surface area (Å²) in [4.78, 5) is 21.7. The summed E-state index contributed by atoms with van der Waals surface area (Å²) in [6, 6.07) is 30.1. The fourth-order valence-electron chi connectivity index (χ4n) is 5.74. The van der Waals surface area contributed by atoms with Gasteiger partial charge in [0.15, 0.2) is 5.75 Å². The van der Waals surface area contributed by atoms with Crippen LogP contribution in [0.25, 0.3) is 6.08 Å². The van der Waals surface area contributed by atoms with Gasteiger partial charge in [0.1, 0.15) is 23.9 Å². The first-order valence-electron chi connectivity index (χ1n) is 17.1. The van der Waals surface area contributed by atoms with Gasteiger partial charge >= 0.3 is 0 Å². The summed E-state index contributed by atoms with van der Waals surface area (Å²) in [6.07, 6.45) is 5.80. The van der Waals surface area contributed by atoms with Crippen LogP contribution in [0.1, 0.15) is 33.4 Å². The number of aromatic nitrogens is 1. The highest BCUT2D eigenvalue weighted by Gasteiger charge is 2.20. The number of pyridine rings is 1. The molecule has 6 rings (SSSR count). The Hall–Kier alpha value is -4.89. The Balaban J connectivity index is 0.00000523. The van der Waals surface area contributed by atoms with E-state index in [4.69, 9.17) is 25.8 Å². The number of carbonyl (C=O) groups is 1. The molecule has 0 N–H and O–H groups in total. The van der Waals surface area contributed by atoms with Gasteiger partial charge < -0.3 is 19.1 Å². The summed E-state index contributed by atoms with van der Waals surface area (Å²) in [5, 5.41) is 0.434. The second kappa shape index (κ2) is 18.6. The number of rotatable bonds is 13. The quantitative estimate of drug-likeness (QED) is 0.112. The molecule has 1 aliphatic rings. The van der Waals surface area contributed by atoms with E-state index in [0.717, 1.165) is 42.7 Å². The molecule has 1 saturated heterocycles. The van der Waals surface area contributed by atoms with Crippen LogP contribution in [0.3, 0.4) is 0 Å². The fourth-order valence-corrected chi connectivity index (χ4v) is 6.05. The molecule has 270 valence electrons. The minimum atomic E-state index is -0.272. The predicted octanol–water partition coefficient (Wildman–Crippen LogP) is 9.26. The lowest BCUT2D eigenvalue weighted by Crippen LogP contribution is -2.47. The molecule has 52 heavy (non-hydrogen) atoms. The molecule has 0 atom stereocenters. The van der Waals surface area contributed by atoms with Gasteiger partial charge in [-0.05, 0) is 90.2 Å². The maximum absolute atomic E-state index is 13.1. The van der Waals surface area contributed by atoms with Crippen molar-refractivity contribution in [3.63, 3.8) is 0 Å². The SMILES string of the molecule is Cc1ccc(COc2ccc(Oc3c(C)cc(/C=C/C(=O)N4CCN(Cc5ccc(CCOc6ccc(F)cc6)cc5)CC4)cc3Cl)nc2)cc1.Cl. The third-order valence-corrected chi connectivity index (χ3v) is 8.98. The first kappa shape index (κ1) is 38.3. The van der Waals surface area contributed by atoms with Crippen LogP contribution in [0.4, 0.5) is 4.39 Å². The van der Waals surface area contributed by atoms with Crippen molar-refractivity contribution < 1.29 is 23.4 Å². The average Bonchev–Trinajstić information content (AvgIpc) is 3.14. The number of piperazine rings is 1. The van der Waals surface area contributed by atoms with Crippen LogP contribution in [0.5, 0.6) is 23.1 Å². The molecule has 0 unspecified atom stereocenters. The summed E-state index contributed by atoms with van der Waals surface area (Å²) >= 11 is 6.62. The number of aryl methyl sites for hydroxylation is 2. The highest BCUT2D eigenvalue weighted by Crippen LogP contribution is 2.34. The third-order valence-electron chi connectivity index (χ3n) is 8.70. The van der Waals surface area contributed by atoms with E-state index in [1.165, 1.54) is 28.8 Å². The minimum Gasteiger partial charge on any atom is -0.493 e. The Labute approximate surface area is 316 Å². The van der Waals surface area contributed by atoms with Crippen molar-refractivity contribution in [2.45, 2.75) is 33.4 Å². The standard InChI is InChI=1S/C42H41ClFN3O4.ClH/c1-30-3-5-34(6-4-30)29-50-38-16-17-40(45-27-38)51-42-31(2)25-35(26-39(42)43)11-18-41(48)47-22-20-46(21-23-47)28-33-9-7-32(8-10-33)19-24-49-37-14-12-36(44)13-15-37;/h3-18,25-27H,19-24,28-29H2,1-2H3;1H/b18-11+;. The minimum absolute atomic E-state index is 0. The highest BCUT2D eigenvalue weighted by molar-refractivity contribution is 6.32. The topological polar surface area (TPSA) is 64.1 Å². The van der Waals surface area contributed by atoms with Gasteiger partial charge in [0.05, 0.1) is 17.8 Å². The molecule has 0 spiro atoms. The molecule has 1 aliphatic heterocycles. The predicted molar refractivity (Wildman–Crippen MR) is 206 cm³/mol. The van der Waals surface area contributed by atoms with E-state index >= 15 is 0 Å². The molecule has 0 bridgehead atoms. The van der Waals surface area contributed by atoms with Crippen molar-refractivity contribution in [1.82, 2.24) is 14.8 Å². The fraction of sp³-hybridized carbons (Fsp3) is 0.238. The number of ether oxygens (including phenoxy) is 3. The maximum Gasteiger partial charge on any atom is 0.246 e. The van der Waals surface area contributed by atoms with E-state index in [9.17, 15) is 9.18 Å². The van der Waals surface area contributed by atoms with Crippen molar-refractivity contribution in [2.24, 2.45) is 0 Å². The number of amides is 1. The van der Waals surface area contributed by atoms with Crippen molar-refractivity contribution in [2.75, 3.05) is 32.8 Å². The van der Waals surface area contributed by atoms with Gasteiger partial charge in [-0.2, -0.15) is 0 Å². The maximum atomic E-state index is 13.1. The van der Waals surface area contributed by atoms with Gasteiger partial charge in [-0.15, -0.1) is 12.4 Å². The largest absolute Gasteiger partial charge is 0.493 e. The van der Waals surface area contributed by atoms with Crippen LogP contribution in [0, 0.1) is 19.7 Å². The van der Waals surface area contributed by atoms with Gasteiger partial charge in [0.2, 0.25) is 11.8 Å². The molecule has 2 heterocycles. The monoisotopic (exact) mass is 741 g/mol. The summed E-state index contributed by atoms with van der Waals surface area (Å²) in [5.74, 6) is 1.94.